The summed E-state index contributed by atoms with van der Waals surface area (Å²) in [5.41, 5.74) is 5.58. The fourth-order valence-electron chi connectivity index (χ4n) is 2.45. The van der Waals surface area contributed by atoms with Gasteiger partial charge in [-0.1, -0.05) is 20.3 Å². The van der Waals surface area contributed by atoms with E-state index in [0.29, 0.717) is 12.2 Å². The van der Waals surface area contributed by atoms with E-state index in [1.165, 1.54) is 18.7 Å². The van der Waals surface area contributed by atoms with Crippen LogP contribution < -0.4 is 21.7 Å². The summed E-state index contributed by atoms with van der Waals surface area (Å²) in [6.45, 7) is 4.83. The summed E-state index contributed by atoms with van der Waals surface area (Å²) >= 11 is 5.37. The van der Waals surface area contributed by atoms with Crippen LogP contribution in [0.15, 0.2) is 0 Å². The van der Waals surface area contributed by atoms with Crippen molar-refractivity contribution in [3.8, 4) is 0 Å². The number of carbonyl (C=O) groups excluding carboxylic acids is 3. The zero-order valence-corrected chi connectivity index (χ0v) is 19.5. The van der Waals surface area contributed by atoms with Gasteiger partial charge in [0.05, 0.1) is 12.1 Å². The number of aliphatic hydroxyl groups is 1. The van der Waals surface area contributed by atoms with E-state index in [4.69, 9.17) is 5.73 Å². The molecule has 0 saturated carbocycles. The van der Waals surface area contributed by atoms with Gasteiger partial charge in [-0.3, -0.25) is 14.4 Å². The highest BCUT2D eigenvalue weighted by Crippen LogP contribution is 2.10. The Morgan fingerprint density at radius 3 is 2.03 bits per heavy atom. The number of carboxylic acids is 1. The molecular formula is C18H34N4O6S2. The van der Waals surface area contributed by atoms with E-state index < -0.39 is 54.0 Å². The standard InChI is InChI=1S/C18H34N4O6S2/c1-5-9(2)13(18(27)28)21-16(25)12(6-7-30-4)20-17(26)14(10(3)23)22-15(24)11(19)8-29/h9-14,23,29H,5-8,19H2,1-4H3,(H,20,26)(H,21,25)(H,22,24)(H,27,28). The van der Waals surface area contributed by atoms with Gasteiger partial charge in [-0.2, -0.15) is 24.4 Å². The molecule has 0 bridgehead atoms. The Hall–Kier alpha value is -1.50. The van der Waals surface area contributed by atoms with E-state index in [9.17, 15) is 29.4 Å². The van der Waals surface area contributed by atoms with Crippen LogP contribution in [0.2, 0.25) is 0 Å². The summed E-state index contributed by atoms with van der Waals surface area (Å²) < 4.78 is 0. The van der Waals surface area contributed by atoms with Gasteiger partial charge in [0.1, 0.15) is 18.1 Å². The maximum Gasteiger partial charge on any atom is 0.326 e. The molecule has 7 N–H and O–H groups in total. The number of thiol groups is 1. The van der Waals surface area contributed by atoms with Crippen molar-refractivity contribution in [2.24, 2.45) is 11.7 Å². The van der Waals surface area contributed by atoms with E-state index >= 15 is 0 Å². The first-order chi connectivity index (χ1) is 14.0. The van der Waals surface area contributed by atoms with Crippen LogP contribution in [-0.2, 0) is 19.2 Å². The maximum absolute atomic E-state index is 12.7. The Kier molecular flexibility index (Phi) is 13.8. The van der Waals surface area contributed by atoms with Crippen molar-refractivity contribution in [2.75, 3.05) is 17.8 Å². The van der Waals surface area contributed by atoms with E-state index in [1.54, 1.807) is 6.92 Å². The van der Waals surface area contributed by atoms with Gasteiger partial charge in [-0.05, 0) is 31.3 Å². The van der Waals surface area contributed by atoms with Crippen molar-refractivity contribution in [1.29, 1.82) is 0 Å². The Labute approximate surface area is 186 Å². The molecule has 6 unspecified atom stereocenters. The molecule has 0 radical (unpaired) electrons. The summed E-state index contributed by atoms with van der Waals surface area (Å²) in [6, 6.07) is -4.44. The van der Waals surface area contributed by atoms with Gasteiger partial charge in [0, 0.05) is 5.75 Å². The van der Waals surface area contributed by atoms with Gasteiger partial charge in [-0.15, -0.1) is 0 Å². The molecule has 0 aromatic carbocycles. The second kappa shape index (κ2) is 14.5. The molecule has 0 aliphatic carbocycles. The fraction of sp³-hybridized carbons (Fsp3) is 0.778. The predicted molar refractivity (Wildman–Crippen MR) is 119 cm³/mol. The molecule has 0 aliphatic rings. The Bertz CT molecular complexity index is 593. The lowest BCUT2D eigenvalue weighted by molar-refractivity contribution is -0.144. The van der Waals surface area contributed by atoms with E-state index in [2.05, 4.69) is 28.6 Å². The molecule has 10 nitrogen and oxygen atoms in total. The first-order valence-electron chi connectivity index (χ1n) is 9.67. The second-order valence-electron chi connectivity index (χ2n) is 7.07. The summed E-state index contributed by atoms with van der Waals surface area (Å²) in [7, 11) is 0. The molecular weight excluding hydrogens is 432 g/mol. The number of nitrogens with two attached hydrogens (primary N) is 1. The second-order valence-corrected chi connectivity index (χ2v) is 8.42. The molecule has 0 heterocycles. The van der Waals surface area contributed by atoms with Crippen LogP contribution in [0.1, 0.15) is 33.6 Å². The normalized spacial score (nSPS) is 17.0. The molecule has 0 saturated heterocycles. The van der Waals surface area contributed by atoms with E-state index in [0.717, 1.165) is 0 Å². The zero-order valence-electron chi connectivity index (χ0n) is 17.8. The summed E-state index contributed by atoms with van der Waals surface area (Å²) in [6.07, 6.45) is 1.36. The van der Waals surface area contributed by atoms with Crippen LogP contribution in [0, 0.1) is 5.92 Å². The molecule has 0 rings (SSSR count). The lowest BCUT2D eigenvalue weighted by atomic mass is 9.98. The molecule has 174 valence electrons. The molecule has 6 atom stereocenters. The summed E-state index contributed by atoms with van der Waals surface area (Å²) in [5, 5.41) is 26.6. The number of carboxylic acid groups (broad SMARTS) is 1. The minimum Gasteiger partial charge on any atom is -0.480 e. The van der Waals surface area contributed by atoms with Crippen molar-refractivity contribution >= 4 is 48.1 Å². The van der Waals surface area contributed by atoms with Gasteiger partial charge < -0.3 is 31.9 Å². The van der Waals surface area contributed by atoms with Crippen LogP contribution in [0.25, 0.3) is 0 Å². The Morgan fingerprint density at radius 2 is 1.60 bits per heavy atom. The van der Waals surface area contributed by atoms with Crippen LogP contribution in [0.4, 0.5) is 0 Å². The fourth-order valence-corrected chi connectivity index (χ4v) is 3.09. The largest absolute Gasteiger partial charge is 0.480 e. The van der Waals surface area contributed by atoms with Gasteiger partial charge >= 0.3 is 5.97 Å². The van der Waals surface area contributed by atoms with Crippen molar-refractivity contribution in [1.82, 2.24) is 16.0 Å². The number of hydrogen-bond acceptors (Lipinski definition) is 8. The monoisotopic (exact) mass is 466 g/mol. The number of aliphatic hydroxyl groups excluding tert-OH is 1. The summed E-state index contributed by atoms with van der Waals surface area (Å²) in [4.78, 5) is 48.9. The third kappa shape index (κ3) is 9.54. The van der Waals surface area contributed by atoms with Crippen molar-refractivity contribution < 1.29 is 29.4 Å². The average Bonchev–Trinajstić information content (AvgIpc) is 2.70. The topological polar surface area (TPSA) is 171 Å². The van der Waals surface area contributed by atoms with Crippen LogP contribution in [-0.4, -0.2) is 81.9 Å². The number of hydrogen-bond donors (Lipinski definition) is 7. The van der Waals surface area contributed by atoms with Crippen LogP contribution >= 0.6 is 24.4 Å². The number of thioether (sulfide) groups is 1. The number of amides is 3. The molecule has 0 aromatic heterocycles. The van der Waals surface area contributed by atoms with Crippen molar-refractivity contribution in [3.05, 3.63) is 0 Å². The molecule has 0 aliphatic heterocycles. The first-order valence-corrected chi connectivity index (χ1v) is 11.7. The van der Waals surface area contributed by atoms with Gasteiger partial charge in [0.25, 0.3) is 0 Å². The number of aliphatic carboxylic acids is 1. The van der Waals surface area contributed by atoms with Gasteiger partial charge in [0.2, 0.25) is 17.7 Å². The third-order valence-corrected chi connectivity index (χ3v) is 5.65. The van der Waals surface area contributed by atoms with Crippen molar-refractivity contribution in [3.63, 3.8) is 0 Å². The quantitative estimate of drug-likeness (QED) is 0.159. The highest BCUT2D eigenvalue weighted by Gasteiger charge is 2.33. The maximum atomic E-state index is 12.7. The lowest BCUT2D eigenvalue weighted by Gasteiger charge is -2.27. The number of carbonyl (C=O) groups is 4. The average molecular weight is 467 g/mol. The predicted octanol–water partition coefficient (Wildman–Crippen LogP) is -1.04. The highest BCUT2D eigenvalue weighted by atomic mass is 32.2. The minimum atomic E-state index is -1.34. The molecule has 0 fully saturated rings. The molecule has 3 amide bonds. The summed E-state index contributed by atoms with van der Waals surface area (Å²) in [5.74, 6) is -2.99. The Balaban J connectivity index is 5.40. The third-order valence-electron chi connectivity index (χ3n) is 4.62. The van der Waals surface area contributed by atoms with Gasteiger partial charge in [-0.25, -0.2) is 4.79 Å². The molecule has 30 heavy (non-hydrogen) atoms. The van der Waals surface area contributed by atoms with E-state index in [1.807, 2.05) is 13.2 Å². The van der Waals surface area contributed by atoms with Crippen LogP contribution in [0.3, 0.4) is 0 Å². The highest BCUT2D eigenvalue weighted by molar-refractivity contribution is 7.98. The molecule has 12 heteroatoms. The first kappa shape index (κ1) is 28.5. The SMILES string of the molecule is CCC(C)C(NC(=O)C(CCSC)NC(=O)C(NC(=O)C(N)CS)C(C)O)C(=O)O. The lowest BCUT2D eigenvalue weighted by Crippen LogP contribution is -2.60. The minimum absolute atomic E-state index is 0.0466. The number of rotatable bonds is 14. The zero-order chi connectivity index (χ0) is 23.4. The molecule has 0 spiro atoms. The van der Waals surface area contributed by atoms with Crippen molar-refractivity contribution in [2.45, 2.75) is 63.9 Å². The van der Waals surface area contributed by atoms with Gasteiger partial charge in [0.15, 0.2) is 0 Å². The Morgan fingerprint density at radius 1 is 1.03 bits per heavy atom. The van der Waals surface area contributed by atoms with E-state index in [-0.39, 0.29) is 18.1 Å². The smallest absolute Gasteiger partial charge is 0.326 e. The molecule has 0 aromatic rings. The van der Waals surface area contributed by atoms with Crippen LogP contribution in [0.5, 0.6) is 0 Å². The number of nitrogens with one attached hydrogen (secondary N) is 3.